The van der Waals surface area contributed by atoms with E-state index >= 15 is 0 Å². The summed E-state index contributed by atoms with van der Waals surface area (Å²) in [4.78, 5) is 61.3. The second-order valence-electron chi connectivity index (χ2n) is 10.9. The fraction of sp³-hybridized carbons (Fsp3) is 0.778. The zero-order valence-electron chi connectivity index (χ0n) is 25.3. The van der Waals surface area contributed by atoms with Crippen LogP contribution in [0.25, 0.3) is 0 Å². The van der Waals surface area contributed by atoms with Crippen LogP contribution in [0, 0.1) is 5.92 Å². The van der Waals surface area contributed by atoms with Crippen LogP contribution >= 0.6 is 0 Å². The number of aliphatic carboxylic acids is 1. The highest BCUT2D eigenvalue weighted by Gasteiger charge is 2.39. The molecule has 0 saturated carbocycles. The number of unbranched alkanes of at least 4 members (excludes halogenated alkanes) is 2. The maximum absolute atomic E-state index is 13.8. The van der Waals surface area contributed by atoms with E-state index in [-0.39, 0.29) is 49.7 Å². The Balaban J connectivity index is 3.02. The van der Waals surface area contributed by atoms with Gasteiger partial charge < -0.3 is 48.9 Å². The van der Waals surface area contributed by atoms with Crippen molar-refractivity contribution in [2.45, 2.75) is 103 Å². The van der Waals surface area contributed by atoms with Crippen molar-refractivity contribution in [2.75, 3.05) is 26.2 Å². The van der Waals surface area contributed by atoms with Crippen LogP contribution in [0.4, 0.5) is 0 Å². The van der Waals surface area contributed by atoms with Crippen molar-refractivity contribution < 1.29 is 24.3 Å². The number of carbonyl (C=O) groups excluding carboxylic acids is 3. The molecule has 0 aliphatic carbocycles. The predicted molar refractivity (Wildman–Crippen MR) is 162 cm³/mol. The van der Waals surface area contributed by atoms with Crippen LogP contribution in [0.2, 0.25) is 0 Å². The maximum Gasteiger partial charge on any atom is 0.326 e. The third-order valence-corrected chi connectivity index (χ3v) is 7.05. The molecule has 1 rings (SSSR count). The smallest absolute Gasteiger partial charge is 0.326 e. The highest BCUT2D eigenvalue weighted by Crippen LogP contribution is 2.20. The second-order valence-corrected chi connectivity index (χ2v) is 10.9. The lowest BCUT2D eigenvalue weighted by atomic mass is 10.0. The first kappa shape index (κ1) is 36.4. The lowest BCUT2D eigenvalue weighted by Crippen LogP contribution is -2.57. The fourth-order valence-electron chi connectivity index (χ4n) is 4.82. The van der Waals surface area contributed by atoms with Gasteiger partial charge in [0.15, 0.2) is 11.9 Å². The molecule has 0 aromatic heterocycles. The van der Waals surface area contributed by atoms with Crippen LogP contribution in [-0.2, 0) is 19.2 Å². The molecule has 1 fully saturated rings. The van der Waals surface area contributed by atoms with Gasteiger partial charge in [-0.3, -0.25) is 24.4 Å². The summed E-state index contributed by atoms with van der Waals surface area (Å²) in [6.45, 7) is 7.46. The number of nitrogens with zero attached hydrogens (tertiary/aromatic N) is 3. The molecule has 4 atom stereocenters. The average Bonchev–Trinajstić information content (AvgIpc) is 3.41. The summed E-state index contributed by atoms with van der Waals surface area (Å²) >= 11 is 0. The summed E-state index contributed by atoms with van der Waals surface area (Å²) in [5.74, 6) is -2.64. The Bertz CT molecular complexity index is 934. The van der Waals surface area contributed by atoms with Gasteiger partial charge in [0.25, 0.3) is 0 Å². The molecule has 3 amide bonds. The third kappa shape index (κ3) is 13.4. The number of aliphatic imine (C=N–C) groups is 2. The molecule has 240 valence electrons. The highest BCUT2D eigenvalue weighted by molar-refractivity contribution is 5.94. The van der Waals surface area contributed by atoms with Crippen LogP contribution in [0.1, 0.15) is 78.6 Å². The SMILES string of the molecule is CCCCCNC(C(=O)NC(CCCN=C(N)N)C(=O)N1CCC[C@H]1C(=O)NC(CCCN=C(N)N)C(=O)O)C(C)C. The second kappa shape index (κ2) is 19.5. The molecule has 1 aliphatic rings. The van der Waals surface area contributed by atoms with E-state index in [4.69, 9.17) is 22.9 Å². The van der Waals surface area contributed by atoms with Gasteiger partial charge in [-0.25, -0.2) is 4.79 Å². The number of guanidine groups is 2. The van der Waals surface area contributed by atoms with E-state index in [1.165, 1.54) is 4.90 Å². The Kier molecular flexibility index (Phi) is 16.9. The van der Waals surface area contributed by atoms with Gasteiger partial charge in [-0.2, -0.15) is 0 Å². The van der Waals surface area contributed by atoms with Crippen molar-refractivity contribution in [3.63, 3.8) is 0 Å². The van der Waals surface area contributed by atoms with Crippen molar-refractivity contribution in [3.05, 3.63) is 0 Å². The first-order valence-corrected chi connectivity index (χ1v) is 14.9. The molecule has 42 heavy (non-hydrogen) atoms. The van der Waals surface area contributed by atoms with E-state index in [0.717, 1.165) is 19.3 Å². The molecule has 0 aromatic rings. The molecule has 1 heterocycles. The number of amides is 3. The van der Waals surface area contributed by atoms with Gasteiger partial charge in [0, 0.05) is 19.6 Å². The molecule has 15 nitrogen and oxygen atoms in total. The van der Waals surface area contributed by atoms with E-state index in [1.807, 2.05) is 13.8 Å². The standard InChI is InChI=1S/C27H52N10O5/c1-4-5-6-13-32-21(17(2)3)23(39)35-18(10-7-14-33-26(28)29)24(40)37-16-9-12-20(37)22(38)36-19(25(41)42)11-8-15-34-27(30)31/h17-21,32H,4-16H2,1-3H3,(H,35,39)(H,36,38)(H,41,42)(H4,28,29,33)(H4,30,31,34)/t18?,19?,20-,21?/m0/s1. The minimum Gasteiger partial charge on any atom is -0.480 e. The molecule has 1 saturated heterocycles. The molecule has 3 unspecified atom stereocenters. The molecule has 0 aromatic carbocycles. The summed E-state index contributed by atoms with van der Waals surface area (Å²) in [5.41, 5.74) is 21.5. The van der Waals surface area contributed by atoms with Crippen molar-refractivity contribution >= 4 is 35.6 Å². The molecular formula is C27H52N10O5. The summed E-state index contributed by atoms with van der Waals surface area (Å²) in [6.07, 6.45) is 5.12. The van der Waals surface area contributed by atoms with Gasteiger partial charge in [-0.1, -0.05) is 33.6 Å². The number of hydrogen-bond acceptors (Lipinski definition) is 7. The molecule has 15 heteroatoms. The predicted octanol–water partition coefficient (Wildman–Crippen LogP) is -1.06. The topological polar surface area (TPSA) is 257 Å². The largest absolute Gasteiger partial charge is 0.480 e. The zero-order chi connectivity index (χ0) is 31.7. The van der Waals surface area contributed by atoms with E-state index < -0.39 is 42.0 Å². The van der Waals surface area contributed by atoms with Crippen molar-refractivity contribution in [3.8, 4) is 0 Å². The van der Waals surface area contributed by atoms with Crippen LogP contribution in [0.15, 0.2) is 9.98 Å². The number of carbonyl (C=O) groups is 4. The van der Waals surface area contributed by atoms with Crippen molar-refractivity contribution in [1.82, 2.24) is 20.9 Å². The number of likely N-dealkylation sites (tertiary alicyclic amines) is 1. The molecule has 1 aliphatic heterocycles. The minimum absolute atomic E-state index is 0.0192. The number of hydrogen-bond donors (Lipinski definition) is 8. The fourth-order valence-corrected chi connectivity index (χ4v) is 4.82. The summed E-state index contributed by atoms with van der Waals surface area (Å²) in [6, 6.07) is -3.43. The quantitative estimate of drug-likeness (QED) is 0.0480. The average molecular weight is 597 g/mol. The Labute approximate surface area is 248 Å². The van der Waals surface area contributed by atoms with Gasteiger partial charge in [0.2, 0.25) is 17.7 Å². The molecule has 12 N–H and O–H groups in total. The third-order valence-electron chi connectivity index (χ3n) is 7.05. The molecule has 0 radical (unpaired) electrons. The Hall–Kier alpha value is -3.62. The number of carboxylic acid groups (broad SMARTS) is 1. The van der Waals surface area contributed by atoms with Crippen LogP contribution < -0.4 is 38.9 Å². The lowest BCUT2D eigenvalue weighted by Gasteiger charge is -2.31. The van der Waals surface area contributed by atoms with Gasteiger partial charge >= 0.3 is 5.97 Å². The van der Waals surface area contributed by atoms with E-state index in [0.29, 0.717) is 38.8 Å². The highest BCUT2D eigenvalue weighted by atomic mass is 16.4. The van der Waals surface area contributed by atoms with E-state index in [2.05, 4.69) is 32.9 Å². The van der Waals surface area contributed by atoms with Crippen molar-refractivity contribution in [1.29, 1.82) is 0 Å². The summed E-state index contributed by atoms with van der Waals surface area (Å²) < 4.78 is 0. The zero-order valence-corrected chi connectivity index (χ0v) is 25.3. The Morgan fingerprint density at radius 2 is 1.50 bits per heavy atom. The van der Waals surface area contributed by atoms with Crippen LogP contribution in [-0.4, -0.2) is 96.0 Å². The number of nitrogens with two attached hydrogens (primary N) is 4. The van der Waals surface area contributed by atoms with Gasteiger partial charge in [-0.05, 0) is 57.4 Å². The summed E-state index contributed by atoms with van der Waals surface area (Å²) in [5, 5.41) is 18.4. The van der Waals surface area contributed by atoms with Crippen LogP contribution in [0.3, 0.4) is 0 Å². The first-order valence-electron chi connectivity index (χ1n) is 14.9. The summed E-state index contributed by atoms with van der Waals surface area (Å²) in [7, 11) is 0. The van der Waals surface area contributed by atoms with Gasteiger partial charge in [0.1, 0.15) is 18.1 Å². The minimum atomic E-state index is -1.19. The lowest BCUT2D eigenvalue weighted by molar-refractivity contribution is -0.145. The number of rotatable bonds is 20. The molecule has 0 spiro atoms. The monoisotopic (exact) mass is 596 g/mol. The first-order chi connectivity index (χ1) is 19.9. The maximum atomic E-state index is 13.8. The molecular weight excluding hydrogens is 544 g/mol. The van der Waals surface area contributed by atoms with E-state index in [1.54, 1.807) is 0 Å². The van der Waals surface area contributed by atoms with Gasteiger partial charge in [-0.15, -0.1) is 0 Å². The van der Waals surface area contributed by atoms with Crippen molar-refractivity contribution in [2.24, 2.45) is 38.8 Å². The van der Waals surface area contributed by atoms with Gasteiger partial charge in [0.05, 0.1) is 6.04 Å². The van der Waals surface area contributed by atoms with E-state index in [9.17, 15) is 24.3 Å². The Morgan fingerprint density at radius 3 is 2.02 bits per heavy atom. The Morgan fingerprint density at radius 1 is 0.905 bits per heavy atom. The molecule has 0 bridgehead atoms. The number of carboxylic acids is 1. The van der Waals surface area contributed by atoms with Crippen LogP contribution in [0.5, 0.6) is 0 Å². The number of nitrogens with one attached hydrogen (secondary N) is 3. The normalized spacial score (nSPS) is 16.8.